The van der Waals surface area contributed by atoms with E-state index in [9.17, 15) is 4.79 Å². The van der Waals surface area contributed by atoms with Gasteiger partial charge in [0.25, 0.3) is 0 Å². The predicted molar refractivity (Wildman–Crippen MR) is 122 cm³/mol. The molecule has 0 atom stereocenters. The summed E-state index contributed by atoms with van der Waals surface area (Å²) in [7, 11) is 1.71. The van der Waals surface area contributed by atoms with Gasteiger partial charge >= 0.3 is 6.09 Å². The van der Waals surface area contributed by atoms with Gasteiger partial charge in [-0.3, -0.25) is 4.99 Å². The van der Waals surface area contributed by atoms with Crippen LogP contribution in [0.5, 0.6) is 0 Å². The molecule has 1 aromatic rings. The third-order valence-electron chi connectivity index (χ3n) is 4.39. The quantitative estimate of drug-likeness (QED) is 0.283. The number of halogens is 1. The van der Waals surface area contributed by atoms with Crippen LogP contribution in [0.4, 0.5) is 4.79 Å². The van der Waals surface area contributed by atoms with Crippen LogP contribution in [0.3, 0.4) is 0 Å². The molecule has 0 saturated heterocycles. The van der Waals surface area contributed by atoms with Gasteiger partial charge in [-0.1, -0.05) is 13.8 Å². The Morgan fingerprint density at radius 3 is 2.36 bits per heavy atom. The number of nitrogens with one attached hydrogen (secondary N) is 3. The first-order chi connectivity index (χ1) is 12.7. The van der Waals surface area contributed by atoms with Gasteiger partial charge in [-0.2, -0.15) is 0 Å². The maximum atomic E-state index is 12.2. The number of hydrogen-bond donors (Lipinski definition) is 3. The number of nitrogens with zero attached hydrogens (tertiary/aromatic N) is 4. The van der Waals surface area contributed by atoms with E-state index in [1.54, 1.807) is 13.4 Å². The number of aliphatic imine (C=N–C) groups is 1. The SMILES string of the molecule is CCn1cnnc1CNC(=NC)NCC(CC)(CC)NC(=O)OC(C)(C)C.I. The Hall–Kier alpha value is -1.59. The van der Waals surface area contributed by atoms with Crippen LogP contribution in [0.15, 0.2) is 11.3 Å². The average Bonchev–Trinajstić information content (AvgIpc) is 3.06. The highest BCUT2D eigenvalue weighted by atomic mass is 127. The topological polar surface area (TPSA) is 105 Å². The molecule has 1 heterocycles. The second-order valence-electron chi connectivity index (χ2n) is 7.43. The van der Waals surface area contributed by atoms with Crippen molar-refractivity contribution >= 4 is 36.0 Å². The van der Waals surface area contributed by atoms with Crippen molar-refractivity contribution in [1.29, 1.82) is 0 Å². The molecule has 1 amide bonds. The van der Waals surface area contributed by atoms with Crippen molar-refractivity contribution in [2.75, 3.05) is 13.6 Å². The summed E-state index contributed by atoms with van der Waals surface area (Å²) in [6, 6.07) is 0. The monoisotopic (exact) mass is 509 g/mol. The molecule has 0 saturated carbocycles. The van der Waals surface area contributed by atoms with Crippen LogP contribution in [-0.4, -0.2) is 51.5 Å². The third-order valence-corrected chi connectivity index (χ3v) is 4.39. The summed E-state index contributed by atoms with van der Waals surface area (Å²) in [5.41, 5.74) is -0.957. The van der Waals surface area contributed by atoms with E-state index in [0.717, 1.165) is 25.2 Å². The van der Waals surface area contributed by atoms with Crippen molar-refractivity contribution in [3.63, 3.8) is 0 Å². The Labute approximate surface area is 185 Å². The fraction of sp³-hybridized carbons (Fsp3) is 0.778. The summed E-state index contributed by atoms with van der Waals surface area (Å²) >= 11 is 0. The lowest BCUT2D eigenvalue weighted by Crippen LogP contribution is -2.57. The molecular formula is C18H36IN7O2. The van der Waals surface area contributed by atoms with Gasteiger partial charge in [0.05, 0.1) is 12.1 Å². The van der Waals surface area contributed by atoms with Crippen LogP contribution in [0.1, 0.15) is 60.2 Å². The molecule has 0 fully saturated rings. The fourth-order valence-corrected chi connectivity index (χ4v) is 2.56. The van der Waals surface area contributed by atoms with Gasteiger partial charge in [-0.05, 0) is 40.5 Å². The molecule has 1 aromatic heterocycles. The van der Waals surface area contributed by atoms with Crippen molar-refractivity contribution in [3.05, 3.63) is 12.2 Å². The van der Waals surface area contributed by atoms with Crippen LogP contribution in [0.2, 0.25) is 0 Å². The number of carbonyl (C=O) groups is 1. The molecule has 10 heteroatoms. The number of aromatic nitrogens is 3. The minimum absolute atomic E-state index is 0. The van der Waals surface area contributed by atoms with Crippen LogP contribution in [-0.2, 0) is 17.8 Å². The van der Waals surface area contributed by atoms with Gasteiger partial charge in [-0.25, -0.2) is 4.79 Å². The Kier molecular flexibility index (Phi) is 11.4. The van der Waals surface area contributed by atoms with E-state index in [-0.39, 0.29) is 24.0 Å². The molecular weight excluding hydrogens is 473 g/mol. The normalized spacial score (nSPS) is 12.2. The molecule has 0 aromatic carbocycles. The molecule has 0 radical (unpaired) electrons. The standard InChI is InChI=1S/C18H35N7O2.HI/c1-8-18(9-2,23-16(26)27-17(4,5)6)12-21-15(19-7)20-11-14-24-22-13-25(14)10-3;/h13H,8-12H2,1-7H3,(H,23,26)(H2,19,20,21);1H. The van der Waals surface area contributed by atoms with E-state index < -0.39 is 17.2 Å². The lowest BCUT2D eigenvalue weighted by Gasteiger charge is -2.34. The summed E-state index contributed by atoms with van der Waals surface area (Å²) in [4.78, 5) is 16.5. The number of aryl methyl sites for hydroxylation is 1. The van der Waals surface area contributed by atoms with Crippen LogP contribution in [0, 0.1) is 0 Å². The number of alkyl carbamates (subject to hydrolysis) is 1. The Morgan fingerprint density at radius 1 is 1.21 bits per heavy atom. The highest BCUT2D eigenvalue weighted by molar-refractivity contribution is 14.0. The van der Waals surface area contributed by atoms with Gasteiger partial charge < -0.3 is 25.3 Å². The summed E-state index contributed by atoms with van der Waals surface area (Å²) in [6.45, 7) is 13.5. The number of amides is 1. The van der Waals surface area contributed by atoms with Gasteiger partial charge in [0.2, 0.25) is 0 Å². The van der Waals surface area contributed by atoms with Gasteiger partial charge in [-0.15, -0.1) is 34.2 Å². The Balaban J connectivity index is 0.00000729. The van der Waals surface area contributed by atoms with Crippen molar-refractivity contribution in [3.8, 4) is 0 Å². The highest BCUT2D eigenvalue weighted by Crippen LogP contribution is 2.16. The zero-order chi connectivity index (χ0) is 20.5. The second kappa shape index (κ2) is 12.1. The third kappa shape index (κ3) is 8.61. The van der Waals surface area contributed by atoms with E-state index >= 15 is 0 Å². The minimum Gasteiger partial charge on any atom is -0.444 e. The lowest BCUT2D eigenvalue weighted by molar-refractivity contribution is 0.0448. The molecule has 0 spiro atoms. The van der Waals surface area contributed by atoms with Crippen molar-refractivity contribution in [2.24, 2.45) is 4.99 Å². The summed E-state index contributed by atoms with van der Waals surface area (Å²) in [5.74, 6) is 1.47. The molecule has 1 rings (SSSR count). The molecule has 3 N–H and O–H groups in total. The van der Waals surface area contributed by atoms with Crippen LogP contribution < -0.4 is 16.0 Å². The molecule has 9 nitrogen and oxygen atoms in total. The first-order valence-corrected chi connectivity index (χ1v) is 9.51. The van der Waals surface area contributed by atoms with E-state index in [1.165, 1.54) is 0 Å². The zero-order valence-corrected chi connectivity index (χ0v) is 20.5. The molecule has 162 valence electrons. The maximum absolute atomic E-state index is 12.2. The molecule has 0 aliphatic rings. The first-order valence-electron chi connectivity index (χ1n) is 9.51. The minimum atomic E-state index is -0.530. The molecule has 0 aliphatic carbocycles. The number of guanidine groups is 1. The number of carbonyl (C=O) groups excluding carboxylic acids is 1. The van der Waals surface area contributed by atoms with Crippen LogP contribution >= 0.6 is 24.0 Å². The summed E-state index contributed by atoms with van der Waals surface area (Å²) in [6.07, 6.45) is 2.82. The molecule has 28 heavy (non-hydrogen) atoms. The van der Waals surface area contributed by atoms with Crippen molar-refractivity contribution in [2.45, 2.75) is 78.6 Å². The van der Waals surface area contributed by atoms with E-state index in [1.807, 2.05) is 46.1 Å². The fourth-order valence-electron chi connectivity index (χ4n) is 2.56. The highest BCUT2D eigenvalue weighted by Gasteiger charge is 2.30. The van der Waals surface area contributed by atoms with E-state index in [2.05, 4.69) is 31.1 Å². The molecule has 0 bridgehead atoms. The van der Waals surface area contributed by atoms with Gasteiger partial charge in [0.15, 0.2) is 11.8 Å². The average molecular weight is 509 g/mol. The van der Waals surface area contributed by atoms with E-state index in [0.29, 0.717) is 19.0 Å². The predicted octanol–water partition coefficient (Wildman–Crippen LogP) is 2.66. The largest absolute Gasteiger partial charge is 0.444 e. The van der Waals surface area contributed by atoms with Gasteiger partial charge in [0, 0.05) is 20.1 Å². The van der Waals surface area contributed by atoms with Crippen molar-refractivity contribution in [1.82, 2.24) is 30.7 Å². The number of rotatable bonds is 8. The second-order valence-corrected chi connectivity index (χ2v) is 7.43. The smallest absolute Gasteiger partial charge is 0.408 e. The lowest BCUT2D eigenvalue weighted by atomic mass is 9.93. The van der Waals surface area contributed by atoms with E-state index in [4.69, 9.17) is 4.74 Å². The zero-order valence-electron chi connectivity index (χ0n) is 18.1. The Bertz CT molecular complexity index is 622. The Morgan fingerprint density at radius 2 is 1.86 bits per heavy atom. The van der Waals surface area contributed by atoms with Crippen LogP contribution in [0.25, 0.3) is 0 Å². The molecule has 0 unspecified atom stereocenters. The summed E-state index contributed by atoms with van der Waals surface area (Å²) < 4.78 is 7.38. The number of hydrogen-bond acceptors (Lipinski definition) is 5. The summed E-state index contributed by atoms with van der Waals surface area (Å²) in [5, 5.41) is 17.6. The molecule has 0 aliphatic heterocycles. The van der Waals surface area contributed by atoms with Gasteiger partial charge in [0.1, 0.15) is 11.9 Å². The first kappa shape index (κ1) is 26.4. The maximum Gasteiger partial charge on any atom is 0.408 e. The van der Waals surface area contributed by atoms with Crippen molar-refractivity contribution < 1.29 is 9.53 Å². The number of ether oxygens (including phenoxy) is 1.